The number of nitrogens with one attached hydrogen (secondary N) is 1. The molecule has 94 valence electrons. The van der Waals surface area contributed by atoms with E-state index in [-0.39, 0.29) is 0 Å². The van der Waals surface area contributed by atoms with Crippen molar-refractivity contribution in [1.29, 1.82) is 0 Å². The summed E-state index contributed by atoms with van der Waals surface area (Å²) in [5, 5.41) is 3.61. The van der Waals surface area contributed by atoms with E-state index in [9.17, 15) is 0 Å². The van der Waals surface area contributed by atoms with Gasteiger partial charge in [-0.2, -0.15) is 0 Å². The molecule has 0 saturated carbocycles. The Morgan fingerprint density at radius 1 is 1.59 bits per heavy atom. The van der Waals surface area contributed by atoms with Gasteiger partial charge in [-0.3, -0.25) is 0 Å². The van der Waals surface area contributed by atoms with Gasteiger partial charge < -0.3 is 15.8 Å². The molecule has 0 heterocycles. The van der Waals surface area contributed by atoms with E-state index in [1.165, 1.54) is 0 Å². The fourth-order valence-electron chi connectivity index (χ4n) is 1.16. The first-order valence-electron chi connectivity index (χ1n) is 5.10. The molecule has 0 aliphatic heterocycles. The van der Waals surface area contributed by atoms with Crippen molar-refractivity contribution >= 4 is 33.5 Å². The van der Waals surface area contributed by atoms with Gasteiger partial charge in [-0.1, -0.05) is 33.6 Å². The number of hydrogen-bond acceptors (Lipinski definition) is 2. The quantitative estimate of drug-likeness (QED) is 0.496. The van der Waals surface area contributed by atoms with Gasteiger partial charge in [0.05, 0.1) is 13.2 Å². The summed E-state index contributed by atoms with van der Waals surface area (Å²) < 4.78 is 5.83. The van der Waals surface area contributed by atoms with Crippen LogP contribution in [0.1, 0.15) is 5.56 Å². The van der Waals surface area contributed by atoms with E-state index in [1.54, 1.807) is 7.11 Å². The van der Waals surface area contributed by atoms with Gasteiger partial charge in [0, 0.05) is 23.1 Å². The summed E-state index contributed by atoms with van der Waals surface area (Å²) in [6.07, 6.45) is 0. The first kappa shape index (κ1) is 14.3. The van der Waals surface area contributed by atoms with Crippen molar-refractivity contribution in [3.8, 4) is 0 Å². The maximum atomic E-state index is 6.06. The third kappa shape index (κ3) is 5.39. The molecule has 0 radical (unpaired) electrons. The summed E-state index contributed by atoms with van der Waals surface area (Å²) in [5.41, 5.74) is 6.61. The average molecular weight is 321 g/mol. The van der Waals surface area contributed by atoms with E-state index in [4.69, 9.17) is 22.1 Å². The van der Waals surface area contributed by atoms with Crippen LogP contribution < -0.4 is 11.1 Å². The molecule has 1 aromatic carbocycles. The van der Waals surface area contributed by atoms with Crippen LogP contribution in [0.15, 0.2) is 27.7 Å². The van der Waals surface area contributed by atoms with E-state index in [1.807, 2.05) is 18.2 Å². The zero-order chi connectivity index (χ0) is 12.7. The van der Waals surface area contributed by atoms with E-state index in [2.05, 4.69) is 26.2 Å². The standard InChI is InChI=1S/C11H15BrClN3O/c1-17-5-4-15-11(14)16-7-8-2-3-9(12)6-10(8)13/h2-3,6H,4-5,7H2,1H3,(H3,14,15,16). The van der Waals surface area contributed by atoms with Gasteiger partial charge >= 0.3 is 0 Å². The summed E-state index contributed by atoms with van der Waals surface area (Å²) in [6.45, 7) is 1.69. The fourth-order valence-corrected chi connectivity index (χ4v) is 1.89. The molecule has 6 heteroatoms. The van der Waals surface area contributed by atoms with Crippen LogP contribution in [0.25, 0.3) is 0 Å². The molecule has 1 rings (SSSR count). The summed E-state index contributed by atoms with van der Waals surface area (Å²) in [5.74, 6) is 0.390. The lowest BCUT2D eigenvalue weighted by Crippen LogP contribution is -2.34. The monoisotopic (exact) mass is 319 g/mol. The highest BCUT2D eigenvalue weighted by molar-refractivity contribution is 9.10. The molecule has 0 saturated heterocycles. The molecule has 0 amide bonds. The van der Waals surface area contributed by atoms with Crippen molar-refractivity contribution in [3.05, 3.63) is 33.3 Å². The van der Waals surface area contributed by atoms with Crippen molar-refractivity contribution in [2.24, 2.45) is 10.7 Å². The SMILES string of the molecule is COCCNC(N)=NCc1ccc(Br)cc1Cl. The van der Waals surface area contributed by atoms with Gasteiger partial charge in [0.15, 0.2) is 5.96 Å². The van der Waals surface area contributed by atoms with Gasteiger partial charge in [0.1, 0.15) is 0 Å². The van der Waals surface area contributed by atoms with E-state index in [0.29, 0.717) is 30.7 Å². The van der Waals surface area contributed by atoms with Gasteiger partial charge in [-0.25, -0.2) is 4.99 Å². The van der Waals surface area contributed by atoms with Crippen molar-refractivity contribution in [3.63, 3.8) is 0 Å². The highest BCUT2D eigenvalue weighted by atomic mass is 79.9. The second kappa shape index (κ2) is 7.53. The molecule has 0 unspecified atom stereocenters. The molecule has 17 heavy (non-hydrogen) atoms. The highest BCUT2D eigenvalue weighted by Crippen LogP contribution is 2.21. The predicted octanol–water partition coefficient (Wildman–Crippen LogP) is 2.15. The molecular formula is C11H15BrClN3O. The van der Waals surface area contributed by atoms with Crippen LogP contribution in [0.2, 0.25) is 5.02 Å². The number of halogens is 2. The number of benzene rings is 1. The molecule has 1 aromatic rings. The van der Waals surface area contributed by atoms with Crippen molar-refractivity contribution in [2.75, 3.05) is 20.3 Å². The number of hydrogen-bond donors (Lipinski definition) is 2. The molecule has 0 fully saturated rings. The Morgan fingerprint density at radius 3 is 3.00 bits per heavy atom. The lowest BCUT2D eigenvalue weighted by molar-refractivity contribution is 0.204. The van der Waals surface area contributed by atoms with Crippen LogP contribution in [0, 0.1) is 0 Å². The predicted molar refractivity (Wildman–Crippen MR) is 74.4 cm³/mol. The molecular weight excluding hydrogens is 305 g/mol. The van der Waals surface area contributed by atoms with Crippen LogP contribution >= 0.6 is 27.5 Å². The molecule has 0 spiro atoms. The van der Waals surface area contributed by atoms with E-state index < -0.39 is 0 Å². The Hall–Kier alpha value is -0.780. The minimum Gasteiger partial charge on any atom is -0.383 e. The molecule has 0 aromatic heterocycles. The summed E-state index contributed by atoms with van der Waals surface area (Å²) in [4.78, 5) is 4.18. The second-order valence-corrected chi connectivity index (χ2v) is 4.68. The van der Waals surface area contributed by atoms with Crippen LogP contribution in [0.5, 0.6) is 0 Å². The number of methoxy groups -OCH3 is 1. The Morgan fingerprint density at radius 2 is 2.35 bits per heavy atom. The fraction of sp³-hybridized carbons (Fsp3) is 0.364. The Labute approximate surface area is 114 Å². The Balaban J connectivity index is 2.50. The first-order valence-corrected chi connectivity index (χ1v) is 6.27. The summed E-state index contributed by atoms with van der Waals surface area (Å²) in [7, 11) is 1.64. The normalized spacial score (nSPS) is 11.6. The maximum Gasteiger partial charge on any atom is 0.188 e. The zero-order valence-corrected chi connectivity index (χ0v) is 11.9. The number of ether oxygens (including phenoxy) is 1. The lowest BCUT2D eigenvalue weighted by Gasteiger charge is -2.05. The molecule has 0 aliphatic rings. The first-order chi connectivity index (χ1) is 8.13. The Bertz CT molecular complexity index is 398. The third-order valence-corrected chi connectivity index (χ3v) is 2.89. The number of guanidine groups is 1. The van der Waals surface area contributed by atoms with Gasteiger partial charge in [0.25, 0.3) is 0 Å². The zero-order valence-electron chi connectivity index (χ0n) is 9.54. The molecule has 4 nitrogen and oxygen atoms in total. The van der Waals surface area contributed by atoms with E-state index in [0.717, 1.165) is 10.0 Å². The highest BCUT2D eigenvalue weighted by Gasteiger charge is 2.00. The molecule has 0 aliphatic carbocycles. The number of rotatable bonds is 5. The molecule has 0 bridgehead atoms. The van der Waals surface area contributed by atoms with Gasteiger partial charge in [-0.15, -0.1) is 0 Å². The van der Waals surface area contributed by atoms with Crippen molar-refractivity contribution < 1.29 is 4.74 Å². The third-order valence-electron chi connectivity index (χ3n) is 2.05. The van der Waals surface area contributed by atoms with Crippen LogP contribution in [-0.4, -0.2) is 26.2 Å². The average Bonchev–Trinajstić information content (AvgIpc) is 2.28. The van der Waals surface area contributed by atoms with Gasteiger partial charge in [0.2, 0.25) is 0 Å². The number of nitrogens with two attached hydrogens (primary N) is 1. The van der Waals surface area contributed by atoms with Crippen LogP contribution in [0.4, 0.5) is 0 Å². The minimum absolute atomic E-state index is 0.390. The topological polar surface area (TPSA) is 59.6 Å². The van der Waals surface area contributed by atoms with Crippen molar-refractivity contribution in [2.45, 2.75) is 6.54 Å². The largest absolute Gasteiger partial charge is 0.383 e. The van der Waals surface area contributed by atoms with Crippen molar-refractivity contribution in [1.82, 2.24) is 5.32 Å². The maximum absolute atomic E-state index is 6.06. The number of nitrogens with zero attached hydrogens (tertiary/aromatic N) is 1. The van der Waals surface area contributed by atoms with Gasteiger partial charge in [-0.05, 0) is 17.7 Å². The molecule has 3 N–H and O–H groups in total. The minimum atomic E-state index is 0.390. The summed E-state index contributed by atoms with van der Waals surface area (Å²) >= 11 is 9.41. The Kier molecular flexibility index (Phi) is 6.32. The summed E-state index contributed by atoms with van der Waals surface area (Å²) in [6, 6.07) is 5.67. The molecule has 0 atom stereocenters. The lowest BCUT2D eigenvalue weighted by atomic mass is 10.2. The van der Waals surface area contributed by atoms with E-state index >= 15 is 0 Å². The smallest absolute Gasteiger partial charge is 0.188 e. The second-order valence-electron chi connectivity index (χ2n) is 3.36. The van der Waals surface area contributed by atoms with Crippen LogP contribution in [0.3, 0.4) is 0 Å². The number of aliphatic imine (C=N–C) groups is 1. The van der Waals surface area contributed by atoms with Crippen LogP contribution in [-0.2, 0) is 11.3 Å².